The number of hydrogen-bond acceptors (Lipinski definition) is 12. The van der Waals surface area contributed by atoms with E-state index in [0.29, 0.717) is 0 Å². The molecule has 0 saturated carbocycles. The van der Waals surface area contributed by atoms with Gasteiger partial charge in [-0.3, -0.25) is 0 Å². The first-order chi connectivity index (χ1) is 46.6. The Bertz CT molecular complexity index is 3230. The standard InChI is InChI=1S/C73H134O12Si17/c1-32-86(5,6)80-101(81-87(7,8)33-2,72-57-47-39-48-58-72)84-96(25,26)67-65-94(21,22)78-99(30,70-53-43-37-44-54-70)76-92(17,18)63-61-90(13,14)74-98(29,69-51-41-36-42-52-69)75-91(15,16)62-64-93(19,20)77-100(31,71-55-45-38-46-56-71)79-95(23,24)66-68-97(27,28)85-102(82-88(9,10)34-3,83-89(11,12)35-4)73-59-49-40-50-60-73/h32-60H,1-4,61-68H2,5-31H3. The summed E-state index contributed by atoms with van der Waals surface area (Å²) >= 11 is 0. The third kappa shape index (κ3) is 28.6. The van der Waals surface area contributed by atoms with Crippen molar-refractivity contribution in [2.75, 3.05) is 0 Å². The summed E-state index contributed by atoms with van der Waals surface area (Å²) in [5.74, 6) is 0. The molecule has 0 aliphatic carbocycles. The fourth-order valence-electron chi connectivity index (χ4n) is 12.7. The smallest absolute Gasteiger partial charge is 0.433 e. The molecule has 0 heterocycles. The second-order valence-electron chi connectivity index (χ2n) is 35.3. The van der Waals surface area contributed by atoms with Gasteiger partial charge in [0.15, 0.2) is 66.5 Å². The van der Waals surface area contributed by atoms with Gasteiger partial charge in [0.2, 0.25) is 33.3 Å². The SMILES string of the molecule is C=C[Si](C)(C)O[Si](O[Si](C)(C)C=C)(O[Si](C)(C)CC[Si](C)(C)O[Si](C)(O[Si](C)(C)CC[Si](C)(C)O[Si](C)(O[Si](C)(C)CC[Si](C)(C)O[Si](C)(O[Si](C)(C)CC[Si](C)(C)O[Si](O[Si](C)(C)C=C)(O[Si](C)(C)C=C)c1ccccc1)c1ccccc1)c1ccccc1)c1ccccc1)c1ccccc1. The van der Waals surface area contributed by atoms with E-state index in [0.717, 1.165) is 69.1 Å². The van der Waals surface area contributed by atoms with Gasteiger partial charge >= 0.3 is 43.3 Å². The molecule has 5 rings (SSSR count). The van der Waals surface area contributed by atoms with E-state index < -0.39 is 143 Å². The maximum Gasteiger partial charge on any atom is 0.506 e. The molecule has 0 radical (unpaired) electrons. The highest BCUT2D eigenvalue weighted by atomic mass is 28.5. The summed E-state index contributed by atoms with van der Waals surface area (Å²) in [5.41, 5.74) is 7.94. The minimum absolute atomic E-state index is 0.880. The van der Waals surface area contributed by atoms with Crippen molar-refractivity contribution < 1.29 is 49.4 Å². The number of rotatable bonds is 45. The summed E-state index contributed by atoms with van der Waals surface area (Å²) in [5, 5.41) is 5.47. The molecule has 12 nitrogen and oxygen atoms in total. The van der Waals surface area contributed by atoms with E-state index in [-0.39, 0.29) is 0 Å². The molecule has 566 valence electrons. The van der Waals surface area contributed by atoms with Gasteiger partial charge < -0.3 is 49.4 Å². The second-order valence-corrected chi connectivity index (χ2v) is 103. The van der Waals surface area contributed by atoms with Crippen LogP contribution in [0.1, 0.15) is 0 Å². The average molecular weight is 1680 g/mol. The van der Waals surface area contributed by atoms with E-state index in [9.17, 15) is 0 Å². The van der Waals surface area contributed by atoms with Crippen molar-refractivity contribution in [3.05, 3.63) is 201 Å². The van der Waals surface area contributed by atoms with E-state index in [2.05, 4.69) is 343 Å². The minimum atomic E-state index is -3.49. The zero-order chi connectivity index (χ0) is 77.0. The largest absolute Gasteiger partial charge is 0.506 e. The molecule has 2 atom stereocenters. The van der Waals surface area contributed by atoms with Crippen molar-refractivity contribution in [3.8, 4) is 0 Å². The quantitative estimate of drug-likeness (QED) is 0.0346. The van der Waals surface area contributed by atoms with Crippen LogP contribution in [-0.4, -0.2) is 143 Å². The summed E-state index contributed by atoms with van der Waals surface area (Å²) in [6, 6.07) is 60.5. The lowest BCUT2D eigenvalue weighted by atomic mass is 10.4. The van der Waals surface area contributed by atoms with Crippen molar-refractivity contribution >= 4 is 169 Å². The predicted octanol–water partition coefficient (Wildman–Crippen LogP) is 19.2. The summed E-state index contributed by atoms with van der Waals surface area (Å²) in [7, 11) is -45.5. The van der Waals surface area contributed by atoms with Crippen LogP contribution in [-0.2, 0) is 49.4 Å². The molecule has 0 aliphatic rings. The molecule has 2 unspecified atom stereocenters. The van der Waals surface area contributed by atoms with Gasteiger partial charge in [-0.05, 0) is 241 Å². The summed E-state index contributed by atoms with van der Waals surface area (Å²) in [4.78, 5) is 0. The van der Waals surface area contributed by atoms with E-state index in [4.69, 9.17) is 49.4 Å². The van der Waals surface area contributed by atoms with Crippen molar-refractivity contribution in [1.29, 1.82) is 0 Å². The first-order valence-electron chi connectivity index (χ1n) is 36.8. The summed E-state index contributed by atoms with van der Waals surface area (Å²) in [6.45, 7) is 79.0. The highest BCUT2D eigenvalue weighted by Gasteiger charge is 2.57. The monoisotopic (exact) mass is 1680 g/mol. The van der Waals surface area contributed by atoms with Crippen LogP contribution in [0.25, 0.3) is 0 Å². The van der Waals surface area contributed by atoms with E-state index >= 15 is 0 Å². The molecule has 29 heteroatoms. The minimum Gasteiger partial charge on any atom is -0.433 e. The van der Waals surface area contributed by atoms with Gasteiger partial charge in [0.05, 0.1) is 0 Å². The van der Waals surface area contributed by atoms with Gasteiger partial charge in [0.1, 0.15) is 0 Å². The van der Waals surface area contributed by atoms with Crippen LogP contribution in [0.3, 0.4) is 0 Å². The molecule has 0 N–H and O–H groups in total. The highest BCUT2D eigenvalue weighted by Crippen LogP contribution is 2.38. The van der Waals surface area contributed by atoms with Crippen LogP contribution < -0.4 is 25.9 Å². The van der Waals surface area contributed by atoms with Gasteiger partial charge in [-0.15, -0.1) is 26.3 Å². The second kappa shape index (κ2) is 35.5. The van der Waals surface area contributed by atoms with Gasteiger partial charge in [0.25, 0.3) is 0 Å². The molecule has 0 amide bonds. The van der Waals surface area contributed by atoms with Crippen LogP contribution in [0, 0.1) is 0 Å². The molecule has 5 aromatic rings. The maximum atomic E-state index is 7.77. The fraction of sp³-hybridized carbons (Fsp3) is 0.479. The molecule has 0 fully saturated rings. The highest BCUT2D eigenvalue weighted by molar-refractivity contribution is 7.01. The predicted molar refractivity (Wildman–Crippen MR) is 479 cm³/mol. The zero-order valence-electron chi connectivity index (χ0n) is 68.1. The van der Waals surface area contributed by atoms with E-state index in [1.165, 1.54) is 5.19 Å². The molecule has 5 aromatic carbocycles. The molecule has 0 saturated heterocycles. The Morgan fingerprint density at radius 3 is 0.480 bits per heavy atom. The summed E-state index contributed by atoms with van der Waals surface area (Å²) < 4.78 is 90.7. The maximum absolute atomic E-state index is 7.77. The number of benzene rings is 5. The summed E-state index contributed by atoms with van der Waals surface area (Å²) in [6.07, 6.45) is 0. The van der Waals surface area contributed by atoms with Gasteiger partial charge in [-0.2, -0.15) is 0 Å². The van der Waals surface area contributed by atoms with Gasteiger partial charge in [0, 0.05) is 10.4 Å². The van der Waals surface area contributed by atoms with Crippen LogP contribution in [0.2, 0.25) is 225 Å². The topological polar surface area (TPSA) is 111 Å². The lowest BCUT2D eigenvalue weighted by Gasteiger charge is -2.45. The zero-order valence-corrected chi connectivity index (χ0v) is 85.1. The molecule has 0 bridgehead atoms. The fourth-order valence-corrected chi connectivity index (χ4v) is 92.9. The van der Waals surface area contributed by atoms with Crippen LogP contribution >= 0.6 is 0 Å². The normalized spacial score (nSPS) is 15.8. The molecule has 0 aromatic heterocycles. The Labute approximate surface area is 638 Å². The molecular formula is C73H134O12Si17. The first kappa shape index (κ1) is 90.9. The lowest BCUT2D eigenvalue weighted by molar-refractivity contribution is 0.272. The van der Waals surface area contributed by atoms with Crippen molar-refractivity contribution in [2.45, 2.75) is 225 Å². The number of hydrogen-bond donors (Lipinski definition) is 0. The molecule has 0 aliphatic heterocycles. The van der Waals surface area contributed by atoms with Gasteiger partial charge in [-0.1, -0.05) is 174 Å². The van der Waals surface area contributed by atoms with Crippen molar-refractivity contribution in [3.63, 3.8) is 0 Å². The van der Waals surface area contributed by atoms with E-state index in [1.807, 2.05) is 34.9 Å². The Kier molecular flexibility index (Phi) is 31.7. The van der Waals surface area contributed by atoms with Crippen LogP contribution in [0.15, 0.2) is 201 Å². The lowest BCUT2D eigenvalue weighted by Crippen LogP contribution is -2.68. The molecular weight excluding hydrogens is 1550 g/mol. The third-order valence-corrected chi connectivity index (χ3v) is 84.4. The van der Waals surface area contributed by atoms with Crippen molar-refractivity contribution in [1.82, 2.24) is 0 Å². The Morgan fingerprint density at radius 1 is 0.196 bits per heavy atom. The Morgan fingerprint density at radius 2 is 0.333 bits per heavy atom. The average Bonchev–Trinajstić information content (AvgIpc) is 0.780. The third-order valence-electron chi connectivity index (χ3n) is 18.7. The Balaban J connectivity index is 1.34. The first-order valence-corrected chi connectivity index (χ1v) is 84.1. The van der Waals surface area contributed by atoms with Crippen LogP contribution in [0.5, 0.6) is 0 Å². The van der Waals surface area contributed by atoms with E-state index in [1.54, 1.807) is 0 Å². The molecule has 0 spiro atoms. The van der Waals surface area contributed by atoms with Gasteiger partial charge in [-0.25, -0.2) is 0 Å². The Hall–Kier alpha value is -1.73. The van der Waals surface area contributed by atoms with Crippen LogP contribution in [0.4, 0.5) is 0 Å². The molecule has 102 heavy (non-hydrogen) atoms. The van der Waals surface area contributed by atoms with Crippen molar-refractivity contribution in [2.24, 2.45) is 0 Å².